The second-order valence-corrected chi connectivity index (χ2v) is 6.29. The second kappa shape index (κ2) is 6.86. The fourth-order valence-electron chi connectivity index (χ4n) is 2.20. The zero-order valence-electron chi connectivity index (χ0n) is 12.0. The Hall–Kier alpha value is -1.14. The quantitative estimate of drug-likeness (QED) is 0.806. The summed E-state index contributed by atoms with van der Waals surface area (Å²) in [5.41, 5.74) is 0.555. The molecule has 1 heterocycles. The molecule has 0 bridgehead atoms. The molecule has 0 aromatic carbocycles. The SMILES string of the molecule is CCC(CC)C(C)NS(=O)(=O)c1cnccc1NC. The summed E-state index contributed by atoms with van der Waals surface area (Å²) in [6.07, 6.45) is 4.83. The highest BCUT2D eigenvalue weighted by molar-refractivity contribution is 7.89. The van der Waals surface area contributed by atoms with E-state index in [1.807, 2.05) is 6.92 Å². The van der Waals surface area contributed by atoms with E-state index < -0.39 is 10.0 Å². The van der Waals surface area contributed by atoms with Crippen LogP contribution in [0, 0.1) is 5.92 Å². The van der Waals surface area contributed by atoms with Gasteiger partial charge in [0.2, 0.25) is 10.0 Å². The first kappa shape index (κ1) is 15.9. The van der Waals surface area contributed by atoms with E-state index in [0.29, 0.717) is 11.6 Å². The normalized spacial score (nSPS) is 13.5. The van der Waals surface area contributed by atoms with Crippen LogP contribution in [0.3, 0.4) is 0 Å². The minimum absolute atomic E-state index is 0.0927. The molecule has 0 radical (unpaired) electrons. The van der Waals surface area contributed by atoms with Gasteiger partial charge in [-0.05, 0) is 18.9 Å². The molecular weight excluding hydrogens is 262 g/mol. The molecule has 1 aromatic heterocycles. The van der Waals surface area contributed by atoms with Gasteiger partial charge in [-0.1, -0.05) is 26.7 Å². The Morgan fingerprint density at radius 1 is 1.32 bits per heavy atom. The summed E-state index contributed by atoms with van der Waals surface area (Å²) in [7, 11) is -1.85. The number of aromatic nitrogens is 1. The van der Waals surface area contributed by atoms with Crippen molar-refractivity contribution in [3.63, 3.8) is 0 Å². The predicted molar refractivity (Wildman–Crippen MR) is 77.6 cm³/mol. The zero-order chi connectivity index (χ0) is 14.5. The van der Waals surface area contributed by atoms with E-state index in [9.17, 15) is 8.42 Å². The lowest BCUT2D eigenvalue weighted by Gasteiger charge is -2.22. The number of hydrogen-bond acceptors (Lipinski definition) is 4. The summed E-state index contributed by atoms with van der Waals surface area (Å²) < 4.78 is 27.5. The Labute approximate surface area is 115 Å². The molecule has 0 spiro atoms. The number of pyridine rings is 1. The standard InChI is InChI=1S/C13H23N3O2S/c1-5-11(6-2)10(3)16-19(17,18)13-9-15-8-7-12(13)14-4/h7-11,16H,5-6H2,1-4H3,(H,14,15). The van der Waals surface area contributed by atoms with Gasteiger partial charge in [-0.25, -0.2) is 13.1 Å². The molecule has 108 valence electrons. The first-order valence-corrected chi connectivity index (χ1v) is 8.08. The summed E-state index contributed by atoms with van der Waals surface area (Å²) in [4.78, 5) is 4.08. The van der Waals surface area contributed by atoms with Gasteiger partial charge < -0.3 is 5.32 Å². The molecule has 1 unspecified atom stereocenters. The third-order valence-electron chi connectivity index (χ3n) is 3.44. The fourth-order valence-corrected chi connectivity index (χ4v) is 3.67. The van der Waals surface area contributed by atoms with E-state index in [4.69, 9.17) is 0 Å². The Balaban J connectivity index is 2.98. The van der Waals surface area contributed by atoms with E-state index >= 15 is 0 Å². The second-order valence-electron chi connectivity index (χ2n) is 4.61. The minimum atomic E-state index is -3.54. The molecule has 0 aliphatic rings. The Bertz CT molecular complexity index is 498. The Morgan fingerprint density at radius 3 is 2.47 bits per heavy atom. The van der Waals surface area contributed by atoms with Crippen molar-refractivity contribution < 1.29 is 8.42 Å². The van der Waals surface area contributed by atoms with Crippen LogP contribution in [0.25, 0.3) is 0 Å². The molecule has 2 N–H and O–H groups in total. The van der Waals surface area contributed by atoms with Crippen molar-refractivity contribution >= 4 is 15.7 Å². The molecule has 0 aliphatic carbocycles. The number of nitrogens with zero attached hydrogens (tertiary/aromatic N) is 1. The molecule has 1 aromatic rings. The molecule has 0 saturated carbocycles. The van der Waals surface area contributed by atoms with Gasteiger partial charge in [0.05, 0.1) is 5.69 Å². The average Bonchev–Trinajstić information content (AvgIpc) is 2.39. The minimum Gasteiger partial charge on any atom is -0.387 e. The molecule has 1 rings (SSSR count). The van der Waals surface area contributed by atoms with Gasteiger partial charge in [0, 0.05) is 25.5 Å². The first-order valence-electron chi connectivity index (χ1n) is 6.60. The van der Waals surface area contributed by atoms with Gasteiger partial charge in [0.15, 0.2) is 0 Å². The summed E-state index contributed by atoms with van der Waals surface area (Å²) in [6.45, 7) is 6.05. The predicted octanol–water partition coefficient (Wildman–Crippen LogP) is 2.23. The largest absolute Gasteiger partial charge is 0.387 e. The van der Waals surface area contributed by atoms with E-state index in [0.717, 1.165) is 12.8 Å². The lowest BCUT2D eigenvalue weighted by atomic mass is 9.96. The van der Waals surface area contributed by atoms with Crippen molar-refractivity contribution in [1.82, 2.24) is 9.71 Å². The molecule has 6 heteroatoms. The van der Waals surface area contributed by atoms with Crippen molar-refractivity contribution in [2.75, 3.05) is 12.4 Å². The van der Waals surface area contributed by atoms with Gasteiger partial charge in [0.25, 0.3) is 0 Å². The van der Waals surface area contributed by atoms with Crippen molar-refractivity contribution in [1.29, 1.82) is 0 Å². The fraction of sp³-hybridized carbons (Fsp3) is 0.615. The number of hydrogen-bond donors (Lipinski definition) is 2. The average molecular weight is 285 g/mol. The van der Waals surface area contributed by atoms with Gasteiger partial charge >= 0.3 is 0 Å². The zero-order valence-corrected chi connectivity index (χ0v) is 12.8. The molecular formula is C13H23N3O2S. The highest BCUT2D eigenvalue weighted by Crippen LogP contribution is 2.21. The van der Waals surface area contributed by atoms with Crippen molar-refractivity contribution in [2.45, 2.75) is 44.6 Å². The van der Waals surface area contributed by atoms with E-state index in [1.165, 1.54) is 6.20 Å². The molecule has 0 fully saturated rings. The maximum absolute atomic E-state index is 12.4. The van der Waals surface area contributed by atoms with Crippen LogP contribution in [-0.4, -0.2) is 26.5 Å². The van der Waals surface area contributed by atoms with Gasteiger partial charge in [-0.3, -0.25) is 4.98 Å². The highest BCUT2D eigenvalue weighted by Gasteiger charge is 2.24. The smallest absolute Gasteiger partial charge is 0.244 e. The van der Waals surface area contributed by atoms with Crippen molar-refractivity contribution in [2.24, 2.45) is 5.92 Å². The molecule has 0 aliphatic heterocycles. The Morgan fingerprint density at radius 2 is 1.95 bits per heavy atom. The van der Waals surface area contributed by atoms with E-state index in [1.54, 1.807) is 19.3 Å². The number of rotatable bonds is 7. The third-order valence-corrected chi connectivity index (χ3v) is 5.03. The van der Waals surface area contributed by atoms with Crippen LogP contribution in [0.4, 0.5) is 5.69 Å². The molecule has 1 atom stereocenters. The molecule has 19 heavy (non-hydrogen) atoms. The van der Waals surface area contributed by atoms with E-state index in [-0.39, 0.29) is 10.9 Å². The van der Waals surface area contributed by atoms with Gasteiger partial charge in [0.1, 0.15) is 4.90 Å². The van der Waals surface area contributed by atoms with Crippen LogP contribution in [0.2, 0.25) is 0 Å². The summed E-state index contributed by atoms with van der Waals surface area (Å²) >= 11 is 0. The third kappa shape index (κ3) is 3.91. The van der Waals surface area contributed by atoms with Crippen LogP contribution in [0.5, 0.6) is 0 Å². The van der Waals surface area contributed by atoms with Crippen LogP contribution in [0.15, 0.2) is 23.4 Å². The summed E-state index contributed by atoms with van der Waals surface area (Å²) in [5, 5.41) is 2.87. The Kier molecular flexibility index (Phi) is 5.75. The number of anilines is 1. The maximum Gasteiger partial charge on any atom is 0.244 e. The molecule has 0 saturated heterocycles. The van der Waals surface area contributed by atoms with Crippen LogP contribution in [0.1, 0.15) is 33.6 Å². The van der Waals surface area contributed by atoms with Crippen LogP contribution in [-0.2, 0) is 10.0 Å². The lowest BCUT2D eigenvalue weighted by Crippen LogP contribution is -2.38. The molecule has 0 amide bonds. The summed E-state index contributed by atoms with van der Waals surface area (Å²) in [6, 6.07) is 1.56. The van der Waals surface area contributed by atoms with Gasteiger partial charge in [-0.15, -0.1) is 0 Å². The van der Waals surface area contributed by atoms with Crippen molar-refractivity contribution in [3.8, 4) is 0 Å². The lowest BCUT2D eigenvalue weighted by molar-refractivity contribution is 0.391. The number of sulfonamides is 1. The highest BCUT2D eigenvalue weighted by atomic mass is 32.2. The van der Waals surface area contributed by atoms with Crippen molar-refractivity contribution in [3.05, 3.63) is 18.5 Å². The maximum atomic E-state index is 12.4. The van der Waals surface area contributed by atoms with Gasteiger partial charge in [-0.2, -0.15) is 0 Å². The summed E-state index contributed by atoms with van der Waals surface area (Å²) in [5.74, 6) is 0.337. The van der Waals surface area contributed by atoms with E-state index in [2.05, 4.69) is 28.9 Å². The van der Waals surface area contributed by atoms with Crippen LogP contribution >= 0.6 is 0 Å². The topological polar surface area (TPSA) is 71.1 Å². The first-order chi connectivity index (χ1) is 8.96. The molecule has 5 nitrogen and oxygen atoms in total. The monoisotopic (exact) mass is 285 g/mol. The number of nitrogens with one attached hydrogen (secondary N) is 2. The van der Waals surface area contributed by atoms with Crippen LogP contribution < -0.4 is 10.0 Å².